The summed E-state index contributed by atoms with van der Waals surface area (Å²) in [5.74, 6) is 0. The summed E-state index contributed by atoms with van der Waals surface area (Å²) in [5, 5.41) is 47.8. The molecule has 6 heteroatoms. The highest BCUT2D eigenvalue weighted by Crippen LogP contribution is 2.26. The first-order valence-corrected chi connectivity index (χ1v) is 8.09. The Morgan fingerprint density at radius 1 is 0.680 bits per heavy atom. The average Bonchev–Trinajstić information content (AvgIpc) is 2.67. The number of rotatable bonds is 9. The molecular weight excluding hydrogens is 324 g/mol. The van der Waals surface area contributed by atoms with Crippen molar-refractivity contribution < 1.29 is 30.3 Å². The highest BCUT2D eigenvalue weighted by atomic mass is 16.5. The molecule has 0 fully saturated rings. The fourth-order valence-electron chi connectivity index (χ4n) is 2.50. The second kappa shape index (κ2) is 9.62. The van der Waals surface area contributed by atoms with Crippen molar-refractivity contribution >= 4 is 0 Å². The van der Waals surface area contributed by atoms with Crippen LogP contribution in [0.15, 0.2) is 60.7 Å². The molecule has 0 saturated heterocycles. The van der Waals surface area contributed by atoms with Crippen LogP contribution in [-0.2, 0) is 4.74 Å². The van der Waals surface area contributed by atoms with E-state index >= 15 is 0 Å². The molecule has 25 heavy (non-hydrogen) atoms. The lowest BCUT2D eigenvalue weighted by atomic mass is 10.0. The number of benzene rings is 2. The van der Waals surface area contributed by atoms with E-state index in [9.17, 15) is 20.4 Å². The Balaban J connectivity index is 2.08. The van der Waals surface area contributed by atoms with Gasteiger partial charge in [-0.15, -0.1) is 0 Å². The van der Waals surface area contributed by atoms with Gasteiger partial charge in [-0.3, -0.25) is 0 Å². The molecule has 0 saturated carbocycles. The molecule has 0 bridgehead atoms. The van der Waals surface area contributed by atoms with E-state index in [2.05, 4.69) is 0 Å². The molecule has 4 atom stereocenters. The van der Waals surface area contributed by atoms with Crippen LogP contribution in [0.5, 0.6) is 0 Å². The molecule has 0 aliphatic rings. The number of aliphatic hydroxyl groups is 5. The number of hydrogen-bond donors (Lipinski definition) is 5. The molecule has 136 valence electrons. The van der Waals surface area contributed by atoms with Gasteiger partial charge in [0.05, 0.1) is 13.2 Å². The van der Waals surface area contributed by atoms with E-state index in [1.807, 2.05) is 60.7 Å². The lowest BCUT2D eigenvalue weighted by Crippen LogP contribution is -2.47. The predicted molar refractivity (Wildman–Crippen MR) is 91.8 cm³/mol. The maximum absolute atomic E-state index is 10.0. The molecular formula is C19H24O6. The van der Waals surface area contributed by atoms with Crippen molar-refractivity contribution in [2.45, 2.75) is 30.5 Å². The highest BCUT2D eigenvalue weighted by molar-refractivity contribution is 5.29. The van der Waals surface area contributed by atoms with Crippen LogP contribution in [-0.4, -0.2) is 63.2 Å². The maximum Gasteiger partial charge on any atom is 0.111 e. The molecule has 0 spiro atoms. The van der Waals surface area contributed by atoms with Crippen LogP contribution in [0.2, 0.25) is 0 Å². The quantitative estimate of drug-likeness (QED) is 0.444. The molecule has 0 aromatic heterocycles. The third kappa shape index (κ3) is 5.34. The molecule has 0 aliphatic heterocycles. The van der Waals surface area contributed by atoms with Gasteiger partial charge in [0.25, 0.3) is 0 Å². The van der Waals surface area contributed by atoms with Crippen molar-refractivity contribution in [3.8, 4) is 0 Å². The Kier molecular flexibility index (Phi) is 7.52. The van der Waals surface area contributed by atoms with Crippen LogP contribution in [0.4, 0.5) is 0 Å². The Morgan fingerprint density at radius 2 is 1.12 bits per heavy atom. The van der Waals surface area contributed by atoms with E-state index in [4.69, 9.17) is 9.84 Å². The summed E-state index contributed by atoms with van der Waals surface area (Å²) >= 11 is 0. The first-order chi connectivity index (χ1) is 12.0. The Hall–Kier alpha value is -1.80. The monoisotopic (exact) mass is 348 g/mol. The van der Waals surface area contributed by atoms with Crippen LogP contribution >= 0.6 is 0 Å². The first-order valence-electron chi connectivity index (χ1n) is 8.09. The van der Waals surface area contributed by atoms with E-state index in [1.54, 1.807) is 0 Å². The molecule has 2 rings (SSSR count). The highest BCUT2D eigenvalue weighted by Gasteiger charge is 2.30. The van der Waals surface area contributed by atoms with E-state index in [0.29, 0.717) is 0 Å². The molecule has 0 radical (unpaired) electrons. The molecule has 0 aliphatic carbocycles. The zero-order valence-electron chi connectivity index (χ0n) is 13.7. The van der Waals surface area contributed by atoms with Gasteiger partial charge in [0.1, 0.15) is 30.5 Å². The summed E-state index contributed by atoms with van der Waals surface area (Å²) in [7, 11) is 0. The van der Waals surface area contributed by atoms with Crippen molar-refractivity contribution in [2.24, 2.45) is 0 Å². The minimum Gasteiger partial charge on any atom is -0.394 e. The standard InChI is InChI=1S/C19H24O6/c20-11-15(21)17(23)18(24)16(22)12-25-19(13-7-3-1-4-8-13)14-9-5-2-6-10-14/h1-10,15-24H,11-12H2. The van der Waals surface area contributed by atoms with Crippen LogP contribution in [0, 0.1) is 0 Å². The summed E-state index contributed by atoms with van der Waals surface area (Å²) in [6, 6.07) is 18.9. The van der Waals surface area contributed by atoms with Crippen molar-refractivity contribution in [2.75, 3.05) is 13.2 Å². The largest absolute Gasteiger partial charge is 0.394 e. The topological polar surface area (TPSA) is 110 Å². The van der Waals surface area contributed by atoms with Crippen LogP contribution in [0.25, 0.3) is 0 Å². The lowest BCUT2D eigenvalue weighted by molar-refractivity contribution is -0.133. The fraction of sp³-hybridized carbons (Fsp3) is 0.368. The van der Waals surface area contributed by atoms with Crippen molar-refractivity contribution in [3.63, 3.8) is 0 Å². The minimum atomic E-state index is -1.67. The van der Waals surface area contributed by atoms with Gasteiger partial charge < -0.3 is 30.3 Å². The van der Waals surface area contributed by atoms with Gasteiger partial charge in [0.15, 0.2) is 0 Å². The summed E-state index contributed by atoms with van der Waals surface area (Å²) in [5.41, 5.74) is 1.76. The minimum absolute atomic E-state index is 0.259. The molecule has 4 unspecified atom stereocenters. The van der Waals surface area contributed by atoms with E-state index in [0.717, 1.165) is 11.1 Å². The predicted octanol–water partition coefficient (Wildman–Crippen LogP) is 0.229. The molecule has 6 nitrogen and oxygen atoms in total. The van der Waals surface area contributed by atoms with E-state index in [-0.39, 0.29) is 6.61 Å². The Morgan fingerprint density at radius 3 is 1.56 bits per heavy atom. The zero-order chi connectivity index (χ0) is 18.2. The normalized spacial score (nSPS) is 16.4. The van der Waals surface area contributed by atoms with Crippen LogP contribution < -0.4 is 0 Å². The second-order valence-electron chi connectivity index (χ2n) is 5.83. The molecule has 2 aromatic carbocycles. The SMILES string of the molecule is OCC(O)C(O)C(O)C(O)COC(c1ccccc1)c1ccccc1. The summed E-state index contributed by atoms with van der Waals surface area (Å²) < 4.78 is 5.80. The molecule has 0 amide bonds. The van der Waals surface area contributed by atoms with E-state index < -0.39 is 37.1 Å². The number of ether oxygens (including phenoxy) is 1. The second-order valence-corrected chi connectivity index (χ2v) is 5.83. The fourth-order valence-corrected chi connectivity index (χ4v) is 2.50. The van der Waals surface area contributed by atoms with Gasteiger partial charge in [0.2, 0.25) is 0 Å². The molecule has 2 aromatic rings. The smallest absolute Gasteiger partial charge is 0.111 e. The maximum atomic E-state index is 10.0. The van der Waals surface area contributed by atoms with Crippen molar-refractivity contribution in [1.82, 2.24) is 0 Å². The van der Waals surface area contributed by atoms with Gasteiger partial charge in [-0.25, -0.2) is 0 Å². The number of aliphatic hydroxyl groups excluding tert-OH is 5. The summed E-state index contributed by atoms with van der Waals surface area (Å²) in [6.07, 6.45) is -6.73. The third-order valence-electron chi connectivity index (χ3n) is 3.96. The van der Waals surface area contributed by atoms with Gasteiger partial charge in [-0.05, 0) is 11.1 Å². The molecule has 0 heterocycles. The third-order valence-corrected chi connectivity index (χ3v) is 3.96. The van der Waals surface area contributed by atoms with Crippen LogP contribution in [0.1, 0.15) is 17.2 Å². The number of hydrogen-bond acceptors (Lipinski definition) is 6. The van der Waals surface area contributed by atoms with Gasteiger partial charge in [-0.1, -0.05) is 60.7 Å². The summed E-state index contributed by atoms with van der Waals surface area (Å²) in [6.45, 7) is -0.979. The van der Waals surface area contributed by atoms with Gasteiger partial charge in [-0.2, -0.15) is 0 Å². The average molecular weight is 348 g/mol. The first kappa shape index (κ1) is 19.5. The molecule has 5 N–H and O–H groups in total. The van der Waals surface area contributed by atoms with Crippen LogP contribution in [0.3, 0.4) is 0 Å². The van der Waals surface area contributed by atoms with Gasteiger partial charge in [0, 0.05) is 0 Å². The Bertz CT molecular complexity index is 566. The van der Waals surface area contributed by atoms with E-state index in [1.165, 1.54) is 0 Å². The van der Waals surface area contributed by atoms with Gasteiger partial charge >= 0.3 is 0 Å². The zero-order valence-corrected chi connectivity index (χ0v) is 13.7. The Labute approximate surface area is 146 Å². The van der Waals surface area contributed by atoms with Crippen molar-refractivity contribution in [1.29, 1.82) is 0 Å². The summed E-state index contributed by atoms with van der Waals surface area (Å²) in [4.78, 5) is 0. The lowest BCUT2D eigenvalue weighted by Gasteiger charge is -2.27. The van der Waals surface area contributed by atoms with Crippen molar-refractivity contribution in [3.05, 3.63) is 71.8 Å².